The molecule has 0 aliphatic carbocycles. The molecule has 2 atom stereocenters. The standard InChI is InChI=1S/C13H22N2O5/c1-13(3-2-5-20-13)9-14-12(18)15-4-6-19-8-10(15)7-11(16)17/h10H,2-9H2,1H3,(H,14,18)(H,16,17). The Bertz CT molecular complexity index is 368. The number of nitrogens with one attached hydrogen (secondary N) is 1. The highest BCUT2D eigenvalue weighted by Gasteiger charge is 2.33. The summed E-state index contributed by atoms with van der Waals surface area (Å²) in [4.78, 5) is 24.6. The maximum atomic E-state index is 12.2. The molecule has 2 unspecified atom stereocenters. The number of urea groups is 1. The van der Waals surface area contributed by atoms with Crippen LogP contribution in [-0.4, -0.2) is 66.6 Å². The zero-order chi connectivity index (χ0) is 14.6. The Morgan fingerprint density at radius 1 is 1.45 bits per heavy atom. The average molecular weight is 286 g/mol. The van der Waals surface area contributed by atoms with Crippen LogP contribution in [-0.2, 0) is 14.3 Å². The molecule has 0 bridgehead atoms. The molecule has 2 amide bonds. The number of carbonyl (C=O) groups is 2. The summed E-state index contributed by atoms with van der Waals surface area (Å²) in [7, 11) is 0. The van der Waals surface area contributed by atoms with Gasteiger partial charge in [-0.25, -0.2) is 4.79 Å². The lowest BCUT2D eigenvalue weighted by Gasteiger charge is -2.35. The molecule has 2 N–H and O–H groups in total. The first-order chi connectivity index (χ1) is 9.50. The van der Waals surface area contributed by atoms with Crippen molar-refractivity contribution in [2.75, 3.05) is 32.9 Å². The van der Waals surface area contributed by atoms with Crippen LogP contribution in [0.2, 0.25) is 0 Å². The SMILES string of the molecule is CC1(CNC(=O)N2CCOCC2CC(=O)O)CCCO1. The number of hydrogen-bond donors (Lipinski definition) is 2. The lowest BCUT2D eigenvalue weighted by atomic mass is 10.0. The van der Waals surface area contributed by atoms with Crippen molar-refractivity contribution in [3.05, 3.63) is 0 Å². The molecular weight excluding hydrogens is 264 g/mol. The van der Waals surface area contributed by atoms with Crippen LogP contribution in [0.25, 0.3) is 0 Å². The summed E-state index contributed by atoms with van der Waals surface area (Å²) in [6.45, 7) is 4.29. The third-order valence-corrected chi connectivity index (χ3v) is 3.81. The Labute approximate surface area is 118 Å². The van der Waals surface area contributed by atoms with E-state index >= 15 is 0 Å². The molecule has 7 nitrogen and oxygen atoms in total. The largest absolute Gasteiger partial charge is 0.481 e. The van der Waals surface area contributed by atoms with Gasteiger partial charge in [0.05, 0.1) is 31.3 Å². The van der Waals surface area contributed by atoms with Crippen molar-refractivity contribution in [3.8, 4) is 0 Å². The molecule has 114 valence electrons. The Balaban J connectivity index is 1.87. The van der Waals surface area contributed by atoms with Crippen LogP contribution in [0.15, 0.2) is 0 Å². The van der Waals surface area contributed by atoms with Gasteiger partial charge >= 0.3 is 12.0 Å². The summed E-state index contributed by atoms with van der Waals surface area (Å²) in [6, 6.07) is -0.644. The average Bonchev–Trinajstić information content (AvgIpc) is 2.83. The highest BCUT2D eigenvalue weighted by molar-refractivity contribution is 5.76. The molecule has 2 aliphatic heterocycles. The number of morpholine rings is 1. The van der Waals surface area contributed by atoms with E-state index in [1.165, 1.54) is 0 Å². The minimum absolute atomic E-state index is 0.0960. The van der Waals surface area contributed by atoms with E-state index in [0.717, 1.165) is 19.4 Å². The van der Waals surface area contributed by atoms with Crippen LogP contribution in [0.5, 0.6) is 0 Å². The van der Waals surface area contributed by atoms with Crippen molar-refractivity contribution >= 4 is 12.0 Å². The van der Waals surface area contributed by atoms with Gasteiger partial charge < -0.3 is 24.8 Å². The number of aliphatic carboxylic acids is 1. The molecule has 0 aromatic carbocycles. The van der Waals surface area contributed by atoms with Gasteiger partial charge in [0.25, 0.3) is 0 Å². The maximum absolute atomic E-state index is 12.2. The van der Waals surface area contributed by atoms with E-state index in [0.29, 0.717) is 19.7 Å². The summed E-state index contributed by atoms with van der Waals surface area (Å²) in [6.07, 6.45) is 1.84. The van der Waals surface area contributed by atoms with E-state index in [4.69, 9.17) is 14.6 Å². The van der Waals surface area contributed by atoms with Crippen molar-refractivity contribution in [1.82, 2.24) is 10.2 Å². The Kier molecular flexibility index (Phi) is 4.82. The van der Waals surface area contributed by atoms with Gasteiger partial charge in [-0.05, 0) is 19.8 Å². The Hall–Kier alpha value is -1.34. The van der Waals surface area contributed by atoms with Gasteiger partial charge in [0.2, 0.25) is 0 Å². The smallest absolute Gasteiger partial charge is 0.317 e. The second-order valence-corrected chi connectivity index (χ2v) is 5.58. The van der Waals surface area contributed by atoms with Crippen LogP contribution >= 0.6 is 0 Å². The second kappa shape index (κ2) is 6.41. The fourth-order valence-corrected chi connectivity index (χ4v) is 2.63. The molecule has 20 heavy (non-hydrogen) atoms. The topological polar surface area (TPSA) is 88.1 Å². The highest BCUT2D eigenvalue weighted by Crippen LogP contribution is 2.24. The van der Waals surface area contributed by atoms with Gasteiger partial charge in [0.1, 0.15) is 0 Å². The van der Waals surface area contributed by atoms with Gasteiger partial charge in [-0.1, -0.05) is 0 Å². The highest BCUT2D eigenvalue weighted by atomic mass is 16.5. The van der Waals surface area contributed by atoms with Gasteiger partial charge in [0.15, 0.2) is 0 Å². The zero-order valence-electron chi connectivity index (χ0n) is 11.8. The van der Waals surface area contributed by atoms with Gasteiger partial charge in [0, 0.05) is 19.7 Å². The van der Waals surface area contributed by atoms with E-state index in [1.54, 1.807) is 4.90 Å². The fraction of sp³-hybridized carbons (Fsp3) is 0.846. The Morgan fingerprint density at radius 3 is 2.90 bits per heavy atom. The third-order valence-electron chi connectivity index (χ3n) is 3.81. The van der Waals surface area contributed by atoms with Gasteiger partial charge in [-0.2, -0.15) is 0 Å². The first-order valence-electron chi connectivity index (χ1n) is 6.98. The molecule has 2 fully saturated rings. The molecule has 0 radical (unpaired) electrons. The summed E-state index contributed by atoms with van der Waals surface area (Å²) in [5.41, 5.74) is -0.301. The van der Waals surface area contributed by atoms with Gasteiger partial charge in [-0.3, -0.25) is 4.79 Å². The van der Waals surface area contributed by atoms with E-state index in [2.05, 4.69) is 5.32 Å². The van der Waals surface area contributed by atoms with E-state index in [9.17, 15) is 9.59 Å². The van der Waals surface area contributed by atoms with Crippen LogP contribution in [0.3, 0.4) is 0 Å². The van der Waals surface area contributed by atoms with E-state index < -0.39 is 12.0 Å². The van der Waals surface area contributed by atoms with Crippen molar-refractivity contribution in [2.45, 2.75) is 37.8 Å². The molecule has 2 heterocycles. The predicted molar refractivity (Wildman–Crippen MR) is 70.6 cm³/mol. The summed E-state index contributed by atoms with van der Waals surface area (Å²) in [5.74, 6) is -0.926. The minimum Gasteiger partial charge on any atom is -0.481 e. The number of hydrogen-bond acceptors (Lipinski definition) is 4. The fourth-order valence-electron chi connectivity index (χ4n) is 2.63. The lowest BCUT2D eigenvalue weighted by Crippen LogP contribution is -2.55. The quantitative estimate of drug-likeness (QED) is 0.783. The molecule has 0 saturated carbocycles. The first kappa shape index (κ1) is 15.1. The number of amides is 2. The third kappa shape index (κ3) is 3.83. The van der Waals surface area contributed by atoms with Gasteiger partial charge in [-0.15, -0.1) is 0 Å². The summed E-state index contributed by atoms with van der Waals surface area (Å²) >= 11 is 0. The normalized spacial score (nSPS) is 30.2. The lowest BCUT2D eigenvalue weighted by molar-refractivity contribution is -0.139. The number of rotatable bonds is 4. The van der Waals surface area contributed by atoms with Crippen molar-refractivity contribution in [3.63, 3.8) is 0 Å². The molecule has 2 rings (SSSR count). The molecule has 2 aliphatic rings. The zero-order valence-corrected chi connectivity index (χ0v) is 11.8. The number of nitrogens with zero attached hydrogens (tertiary/aromatic N) is 1. The molecular formula is C13H22N2O5. The minimum atomic E-state index is -0.926. The van der Waals surface area contributed by atoms with Crippen molar-refractivity contribution < 1.29 is 24.2 Å². The van der Waals surface area contributed by atoms with E-state index in [-0.39, 0.29) is 24.7 Å². The van der Waals surface area contributed by atoms with Crippen LogP contribution in [0.4, 0.5) is 4.79 Å². The number of ether oxygens (including phenoxy) is 2. The molecule has 2 saturated heterocycles. The van der Waals surface area contributed by atoms with Crippen LogP contribution in [0.1, 0.15) is 26.2 Å². The monoisotopic (exact) mass is 286 g/mol. The summed E-state index contributed by atoms with van der Waals surface area (Å²) < 4.78 is 10.9. The molecule has 7 heteroatoms. The molecule has 0 aromatic rings. The predicted octanol–water partition coefficient (Wildman–Crippen LogP) is 0.441. The van der Waals surface area contributed by atoms with Crippen molar-refractivity contribution in [2.24, 2.45) is 0 Å². The Morgan fingerprint density at radius 2 is 2.25 bits per heavy atom. The second-order valence-electron chi connectivity index (χ2n) is 5.58. The number of carbonyl (C=O) groups excluding carboxylic acids is 1. The molecule has 0 aromatic heterocycles. The number of carboxylic acids is 1. The maximum Gasteiger partial charge on any atom is 0.317 e. The van der Waals surface area contributed by atoms with E-state index in [1.807, 2.05) is 6.92 Å². The first-order valence-corrected chi connectivity index (χ1v) is 6.98. The summed E-state index contributed by atoms with van der Waals surface area (Å²) in [5, 5.41) is 11.7. The number of carboxylic acid groups (broad SMARTS) is 1. The van der Waals surface area contributed by atoms with Crippen LogP contribution in [0, 0.1) is 0 Å². The molecule has 0 spiro atoms. The van der Waals surface area contributed by atoms with Crippen LogP contribution < -0.4 is 5.32 Å². The van der Waals surface area contributed by atoms with Crippen molar-refractivity contribution in [1.29, 1.82) is 0 Å².